The molecule has 1 amide bonds. The van der Waals surface area contributed by atoms with Gasteiger partial charge in [0.1, 0.15) is 12.4 Å². The van der Waals surface area contributed by atoms with Gasteiger partial charge in [-0.05, 0) is 48.5 Å². The van der Waals surface area contributed by atoms with Gasteiger partial charge in [-0.25, -0.2) is 4.39 Å². The highest BCUT2D eigenvalue weighted by Gasteiger charge is 2.17. The fourth-order valence-corrected chi connectivity index (χ4v) is 3.46. The normalized spacial score (nSPS) is 15.1. The largest absolute Gasteiger partial charge is 0.384 e. The standard InChI is InChI=1S/C16H18FNO2S/c17-15-11-14(4-3-13(15)2-1-7-19)18-16(20)10-12-5-8-21-9-6-12/h3-4,11-12,19H,5-10H2,(H,18,20). The first-order valence-electron chi connectivity index (χ1n) is 6.96. The van der Waals surface area contributed by atoms with Crippen LogP contribution in [0.25, 0.3) is 0 Å². The van der Waals surface area contributed by atoms with Crippen molar-refractivity contribution in [3.63, 3.8) is 0 Å². The first-order valence-corrected chi connectivity index (χ1v) is 8.11. The Labute approximate surface area is 128 Å². The number of nitrogens with one attached hydrogen (secondary N) is 1. The number of hydrogen-bond acceptors (Lipinski definition) is 3. The van der Waals surface area contributed by atoms with Crippen LogP contribution in [0.2, 0.25) is 0 Å². The van der Waals surface area contributed by atoms with E-state index < -0.39 is 5.82 Å². The van der Waals surface area contributed by atoms with E-state index in [0.717, 1.165) is 24.3 Å². The molecule has 0 spiro atoms. The minimum Gasteiger partial charge on any atom is -0.384 e. The fourth-order valence-electron chi connectivity index (χ4n) is 2.25. The lowest BCUT2D eigenvalue weighted by molar-refractivity contribution is -0.117. The second-order valence-corrected chi connectivity index (χ2v) is 6.19. The summed E-state index contributed by atoms with van der Waals surface area (Å²) in [6.45, 7) is -0.308. The summed E-state index contributed by atoms with van der Waals surface area (Å²) in [5, 5.41) is 11.3. The summed E-state index contributed by atoms with van der Waals surface area (Å²) in [7, 11) is 0. The highest BCUT2D eigenvalue weighted by atomic mass is 32.2. The molecule has 0 unspecified atom stereocenters. The minimum absolute atomic E-state index is 0.0690. The van der Waals surface area contributed by atoms with Crippen molar-refractivity contribution in [1.82, 2.24) is 0 Å². The third-order valence-corrected chi connectivity index (χ3v) is 4.42. The van der Waals surface area contributed by atoms with Gasteiger partial charge >= 0.3 is 0 Å². The van der Waals surface area contributed by atoms with E-state index in [1.54, 1.807) is 6.07 Å². The van der Waals surface area contributed by atoms with Crippen molar-refractivity contribution >= 4 is 23.4 Å². The smallest absolute Gasteiger partial charge is 0.224 e. The lowest BCUT2D eigenvalue weighted by Crippen LogP contribution is -2.19. The molecule has 1 heterocycles. The number of carbonyl (C=O) groups is 1. The Kier molecular flexibility index (Phi) is 6.09. The van der Waals surface area contributed by atoms with Crippen molar-refractivity contribution in [3.05, 3.63) is 29.6 Å². The lowest BCUT2D eigenvalue weighted by Gasteiger charge is -2.20. The third kappa shape index (κ3) is 5.07. The highest BCUT2D eigenvalue weighted by molar-refractivity contribution is 7.99. The van der Waals surface area contributed by atoms with Gasteiger partial charge in [-0.3, -0.25) is 4.79 Å². The van der Waals surface area contributed by atoms with Gasteiger partial charge in [0.15, 0.2) is 0 Å². The van der Waals surface area contributed by atoms with Crippen LogP contribution in [-0.4, -0.2) is 29.1 Å². The molecule has 0 aliphatic carbocycles. The van der Waals surface area contributed by atoms with Crippen LogP contribution in [-0.2, 0) is 4.79 Å². The Morgan fingerprint density at radius 1 is 1.43 bits per heavy atom. The van der Waals surface area contributed by atoms with Crippen LogP contribution in [0, 0.1) is 23.6 Å². The SMILES string of the molecule is O=C(CC1CCSCC1)Nc1ccc(C#CCO)c(F)c1. The average molecular weight is 307 g/mol. The zero-order valence-corrected chi connectivity index (χ0v) is 12.5. The van der Waals surface area contributed by atoms with Crippen LogP contribution in [0.3, 0.4) is 0 Å². The number of aliphatic hydroxyl groups excluding tert-OH is 1. The predicted molar refractivity (Wildman–Crippen MR) is 83.7 cm³/mol. The number of carbonyl (C=O) groups excluding carboxylic acids is 1. The molecule has 1 fully saturated rings. The maximum absolute atomic E-state index is 13.7. The molecule has 0 aromatic heterocycles. The second-order valence-electron chi connectivity index (χ2n) is 4.96. The number of halogens is 1. The van der Waals surface area contributed by atoms with Crippen molar-refractivity contribution in [3.8, 4) is 11.8 Å². The molecule has 5 heteroatoms. The molecule has 0 atom stereocenters. The van der Waals surface area contributed by atoms with E-state index in [4.69, 9.17) is 5.11 Å². The Bertz CT molecular complexity index is 559. The molecule has 1 aromatic carbocycles. The van der Waals surface area contributed by atoms with Crippen molar-refractivity contribution < 1.29 is 14.3 Å². The van der Waals surface area contributed by atoms with Crippen LogP contribution >= 0.6 is 11.8 Å². The summed E-state index contributed by atoms with van der Waals surface area (Å²) >= 11 is 1.93. The van der Waals surface area contributed by atoms with Crippen LogP contribution in [0.4, 0.5) is 10.1 Å². The van der Waals surface area contributed by atoms with Crippen LogP contribution < -0.4 is 5.32 Å². The average Bonchev–Trinajstić information content (AvgIpc) is 2.47. The molecule has 2 rings (SSSR count). The van der Waals surface area contributed by atoms with Crippen LogP contribution in [0.1, 0.15) is 24.8 Å². The fraction of sp³-hybridized carbons (Fsp3) is 0.438. The first kappa shape index (κ1) is 15.9. The maximum atomic E-state index is 13.7. The molecule has 112 valence electrons. The van der Waals surface area contributed by atoms with Gasteiger partial charge in [-0.15, -0.1) is 0 Å². The molecule has 1 aromatic rings. The molecule has 1 saturated heterocycles. The zero-order chi connectivity index (χ0) is 15.1. The van der Waals surface area contributed by atoms with E-state index in [1.807, 2.05) is 11.8 Å². The number of benzene rings is 1. The molecule has 1 aliphatic heterocycles. The Hall–Kier alpha value is -1.51. The Morgan fingerprint density at radius 3 is 2.86 bits per heavy atom. The van der Waals surface area contributed by atoms with Gasteiger partial charge in [-0.2, -0.15) is 11.8 Å². The number of thioether (sulfide) groups is 1. The predicted octanol–water partition coefficient (Wildman–Crippen LogP) is 2.64. The monoisotopic (exact) mass is 307 g/mol. The summed E-state index contributed by atoms with van der Waals surface area (Å²) in [4.78, 5) is 11.9. The van der Waals surface area contributed by atoms with Crippen molar-refractivity contribution in [2.75, 3.05) is 23.4 Å². The molecule has 2 N–H and O–H groups in total. The molecular formula is C16H18FNO2S. The Balaban J connectivity index is 1.92. The molecule has 0 bridgehead atoms. The second kappa shape index (κ2) is 8.06. The van der Waals surface area contributed by atoms with E-state index in [-0.39, 0.29) is 18.1 Å². The van der Waals surface area contributed by atoms with Gasteiger partial charge in [0.2, 0.25) is 5.91 Å². The zero-order valence-electron chi connectivity index (χ0n) is 11.7. The number of rotatable bonds is 3. The summed E-state index contributed by atoms with van der Waals surface area (Å²) in [5.74, 6) is 7.02. The third-order valence-electron chi connectivity index (χ3n) is 3.37. The van der Waals surface area contributed by atoms with Crippen molar-refractivity contribution in [1.29, 1.82) is 0 Å². The van der Waals surface area contributed by atoms with Gasteiger partial charge in [-0.1, -0.05) is 11.8 Å². The molecule has 0 radical (unpaired) electrons. The van der Waals surface area contributed by atoms with E-state index in [2.05, 4.69) is 17.2 Å². The molecule has 21 heavy (non-hydrogen) atoms. The van der Waals surface area contributed by atoms with Gasteiger partial charge in [0, 0.05) is 12.1 Å². The summed E-state index contributed by atoms with van der Waals surface area (Å²) < 4.78 is 13.7. The number of amides is 1. The molecule has 0 saturated carbocycles. The van der Waals surface area contributed by atoms with Gasteiger partial charge in [0.25, 0.3) is 0 Å². The molecule has 3 nitrogen and oxygen atoms in total. The topological polar surface area (TPSA) is 49.3 Å². The maximum Gasteiger partial charge on any atom is 0.224 e. The van der Waals surface area contributed by atoms with Gasteiger partial charge in [0.05, 0.1) is 5.56 Å². The number of hydrogen-bond donors (Lipinski definition) is 2. The van der Waals surface area contributed by atoms with Crippen molar-refractivity contribution in [2.45, 2.75) is 19.3 Å². The summed E-state index contributed by atoms with van der Waals surface area (Å²) in [5.41, 5.74) is 0.656. The van der Waals surface area contributed by atoms with Crippen LogP contribution in [0.5, 0.6) is 0 Å². The highest BCUT2D eigenvalue weighted by Crippen LogP contribution is 2.25. The van der Waals surface area contributed by atoms with Crippen molar-refractivity contribution in [2.24, 2.45) is 5.92 Å². The minimum atomic E-state index is -0.497. The quantitative estimate of drug-likeness (QED) is 0.844. The van der Waals surface area contributed by atoms with E-state index >= 15 is 0 Å². The first-order chi connectivity index (χ1) is 10.2. The molecule has 1 aliphatic rings. The van der Waals surface area contributed by atoms with E-state index in [1.165, 1.54) is 12.1 Å². The van der Waals surface area contributed by atoms with Gasteiger partial charge < -0.3 is 10.4 Å². The summed E-state index contributed by atoms with van der Waals surface area (Å²) in [6.07, 6.45) is 2.64. The molecular weight excluding hydrogens is 289 g/mol. The number of aliphatic hydroxyl groups is 1. The van der Waals surface area contributed by atoms with E-state index in [0.29, 0.717) is 18.0 Å². The number of anilines is 1. The Morgan fingerprint density at radius 2 is 2.19 bits per heavy atom. The summed E-state index contributed by atoms with van der Waals surface area (Å²) in [6, 6.07) is 4.39. The van der Waals surface area contributed by atoms with E-state index in [9.17, 15) is 9.18 Å². The lowest BCUT2D eigenvalue weighted by atomic mass is 9.98. The van der Waals surface area contributed by atoms with Crippen LogP contribution in [0.15, 0.2) is 18.2 Å².